The molecule has 0 aliphatic heterocycles. The van der Waals surface area contributed by atoms with Crippen LogP contribution < -0.4 is 5.73 Å². The summed E-state index contributed by atoms with van der Waals surface area (Å²) < 4.78 is 1.11. The van der Waals surface area contributed by atoms with Crippen molar-refractivity contribution in [2.24, 2.45) is 17.6 Å². The van der Waals surface area contributed by atoms with E-state index in [4.69, 9.17) is 5.73 Å². The van der Waals surface area contributed by atoms with Gasteiger partial charge >= 0.3 is 0 Å². The zero-order valence-electron chi connectivity index (χ0n) is 11.0. The Hall–Kier alpha value is -0.100. The first-order chi connectivity index (χ1) is 8.61. The first-order valence-electron chi connectivity index (χ1n) is 6.31. The molecule has 2 rings (SSSR count). The lowest BCUT2D eigenvalue weighted by Gasteiger charge is -2.24. The van der Waals surface area contributed by atoms with Crippen molar-refractivity contribution >= 4 is 45.6 Å². The van der Waals surface area contributed by atoms with Crippen LogP contribution in [0, 0.1) is 11.8 Å². The lowest BCUT2D eigenvalue weighted by atomic mass is 9.95. The van der Waals surface area contributed by atoms with Gasteiger partial charge < -0.3 is 10.6 Å². The normalized spacial score (nSPS) is 22.1. The number of nitrogens with zero attached hydrogens (tertiary/aromatic N) is 1. The van der Waals surface area contributed by atoms with Gasteiger partial charge in [-0.25, -0.2) is 0 Å². The predicted octanol–water partition coefficient (Wildman–Crippen LogP) is 3.27. The highest BCUT2D eigenvalue weighted by Crippen LogP contribution is 2.32. The summed E-state index contributed by atoms with van der Waals surface area (Å²) in [5, 5.41) is 0. The van der Waals surface area contributed by atoms with E-state index in [1.54, 1.807) is 11.3 Å². The minimum atomic E-state index is 0. The monoisotopic (exact) mass is 366 g/mol. The van der Waals surface area contributed by atoms with Crippen LogP contribution in [-0.4, -0.2) is 24.4 Å². The van der Waals surface area contributed by atoms with E-state index >= 15 is 0 Å². The molecular weight excluding hydrogens is 348 g/mol. The molecule has 19 heavy (non-hydrogen) atoms. The summed E-state index contributed by atoms with van der Waals surface area (Å²) in [6.07, 6.45) is 3.24. The molecule has 3 nitrogen and oxygen atoms in total. The molecule has 0 bridgehead atoms. The average Bonchev–Trinajstić information content (AvgIpc) is 2.96. The van der Waals surface area contributed by atoms with Crippen molar-refractivity contribution in [1.29, 1.82) is 0 Å². The van der Waals surface area contributed by atoms with E-state index in [1.807, 2.05) is 18.0 Å². The number of rotatable bonds is 4. The van der Waals surface area contributed by atoms with E-state index in [0.29, 0.717) is 19.0 Å². The Balaban J connectivity index is 0.00000180. The Bertz CT molecular complexity index is 427. The number of hydrogen-bond acceptors (Lipinski definition) is 3. The van der Waals surface area contributed by atoms with E-state index in [0.717, 1.165) is 23.0 Å². The molecule has 1 amide bonds. The summed E-state index contributed by atoms with van der Waals surface area (Å²) >= 11 is 5.13. The Morgan fingerprint density at radius 3 is 2.84 bits per heavy atom. The molecule has 1 aromatic rings. The van der Waals surface area contributed by atoms with Crippen LogP contribution in [0.1, 0.15) is 24.1 Å². The zero-order valence-corrected chi connectivity index (χ0v) is 14.2. The van der Waals surface area contributed by atoms with Gasteiger partial charge in [-0.2, -0.15) is 0 Å². The molecule has 1 aliphatic rings. The van der Waals surface area contributed by atoms with Crippen LogP contribution in [-0.2, 0) is 11.3 Å². The van der Waals surface area contributed by atoms with Crippen LogP contribution in [0.3, 0.4) is 0 Å². The van der Waals surface area contributed by atoms with Gasteiger partial charge in [-0.1, -0.05) is 6.42 Å². The molecule has 0 spiro atoms. The van der Waals surface area contributed by atoms with Gasteiger partial charge in [0, 0.05) is 17.8 Å². The summed E-state index contributed by atoms with van der Waals surface area (Å²) in [6.45, 7) is 1.33. The van der Waals surface area contributed by atoms with Crippen molar-refractivity contribution in [1.82, 2.24) is 4.90 Å². The van der Waals surface area contributed by atoms with Crippen molar-refractivity contribution < 1.29 is 4.79 Å². The predicted molar refractivity (Wildman–Crippen MR) is 85.6 cm³/mol. The highest BCUT2D eigenvalue weighted by molar-refractivity contribution is 9.11. The standard InChI is InChI=1S/C13H19BrN2OS.ClH/c1-16(8-10-5-6-12(14)18-10)13(17)11-4-2-3-9(11)7-15;/h5-6,9,11H,2-4,7-8,15H2,1H3;1H/t9-,11-;/m1./s1. The Morgan fingerprint density at radius 2 is 2.26 bits per heavy atom. The third kappa shape index (κ3) is 4.18. The molecule has 6 heteroatoms. The number of amides is 1. The summed E-state index contributed by atoms with van der Waals surface area (Å²) in [4.78, 5) is 15.4. The van der Waals surface area contributed by atoms with Gasteiger partial charge in [0.15, 0.2) is 0 Å². The molecule has 108 valence electrons. The molecule has 0 aromatic carbocycles. The fraction of sp³-hybridized carbons (Fsp3) is 0.615. The maximum Gasteiger partial charge on any atom is 0.226 e. The largest absolute Gasteiger partial charge is 0.340 e. The van der Waals surface area contributed by atoms with Gasteiger partial charge in [0.25, 0.3) is 0 Å². The zero-order chi connectivity index (χ0) is 13.1. The van der Waals surface area contributed by atoms with Crippen molar-refractivity contribution in [2.45, 2.75) is 25.8 Å². The van der Waals surface area contributed by atoms with E-state index in [2.05, 4.69) is 22.0 Å². The first-order valence-corrected chi connectivity index (χ1v) is 7.92. The smallest absolute Gasteiger partial charge is 0.226 e. The molecule has 1 fully saturated rings. The molecule has 1 aromatic heterocycles. The van der Waals surface area contributed by atoms with E-state index < -0.39 is 0 Å². The van der Waals surface area contributed by atoms with Gasteiger partial charge in [0.2, 0.25) is 5.91 Å². The number of nitrogens with two attached hydrogens (primary N) is 1. The number of thiophene rings is 1. The summed E-state index contributed by atoms with van der Waals surface area (Å²) in [7, 11) is 1.89. The second-order valence-electron chi connectivity index (χ2n) is 4.93. The Morgan fingerprint density at radius 1 is 1.53 bits per heavy atom. The Labute approximate surface area is 133 Å². The maximum absolute atomic E-state index is 12.4. The van der Waals surface area contributed by atoms with Crippen LogP contribution >= 0.6 is 39.7 Å². The molecule has 1 aliphatic carbocycles. The third-order valence-corrected chi connectivity index (χ3v) is 5.29. The summed E-state index contributed by atoms with van der Waals surface area (Å²) in [6, 6.07) is 4.09. The molecule has 2 N–H and O–H groups in total. The lowest BCUT2D eigenvalue weighted by Crippen LogP contribution is -2.36. The van der Waals surface area contributed by atoms with Crippen LogP contribution in [0.25, 0.3) is 0 Å². The second kappa shape index (κ2) is 7.62. The molecule has 0 unspecified atom stereocenters. The molecular formula is C13H20BrClN2OS. The van der Waals surface area contributed by atoms with E-state index in [-0.39, 0.29) is 24.2 Å². The van der Waals surface area contributed by atoms with E-state index in [9.17, 15) is 4.79 Å². The number of carbonyl (C=O) groups is 1. The van der Waals surface area contributed by atoms with Crippen LogP contribution in [0.5, 0.6) is 0 Å². The molecule has 0 saturated heterocycles. The second-order valence-corrected chi connectivity index (χ2v) is 7.48. The topological polar surface area (TPSA) is 46.3 Å². The number of halogens is 2. The van der Waals surface area contributed by atoms with E-state index in [1.165, 1.54) is 4.88 Å². The highest BCUT2D eigenvalue weighted by Gasteiger charge is 2.33. The number of hydrogen-bond donors (Lipinski definition) is 1. The van der Waals surface area contributed by atoms with Crippen molar-refractivity contribution in [2.75, 3.05) is 13.6 Å². The van der Waals surface area contributed by atoms with Crippen LogP contribution in [0.4, 0.5) is 0 Å². The first kappa shape index (κ1) is 17.0. The van der Waals surface area contributed by atoms with Crippen LogP contribution in [0.15, 0.2) is 15.9 Å². The quantitative estimate of drug-likeness (QED) is 0.888. The molecule has 1 saturated carbocycles. The fourth-order valence-electron chi connectivity index (χ4n) is 2.68. The molecule has 2 atom stereocenters. The fourth-order valence-corrected chi connectivity index (χ4v) is 4.21. The molecule has 1 heterocycles. The van der Waals surface area contributed by atoms with Crippen molar-refractivity contribution in [3.8, 4) is 0 Å². The van der Waals surface area contributed by atoms with Crippen molar-refractivity contribution in [3.05, 3.63) is 20.8 Å². The van der Waals surface area contributed by atoms with Crippen molar-refractivity contribution in [3.63, 3.8) is 0 Å². The minimum Gasteiger partial charge on any atom is -0.340 e. The van der Waals surface area contributed by atoms with Gasteiger partial charge in [-0.3, -0.25) is 4.79 Å². The van der Waals surface area contributed by atoms with Gasteiger partial charge in [0.1, 0.15) is 0 Å². The minimum absolute atomic E-state index is 0. The third-order valence-electron chi connectivity index (χ3n) is 3.68. The van der Waals surface area contributed by atoms with Gasteiger partial charge in [0.05, 0.1) is 10.3 Å². The maximum atomic E-state index is 12.4. The summed E-state index contributed by atoms with van der Waals surface area (Å²) in [5.74, 6) is 0.783. The molecule has 0 radical (unpaired) electrons. The SMILES string of the molecule is CN(Cc1ccc(Br)s1)C(=O)[C@@H]1CCC[C@@H]1CN.Cl. The van der Waals surface area contributed by atoms with Crippen LogP contribution in [0.2, 0.25) is 0 Å². The summed E-state index contributed by atoms with van der Waals surface area (Å²) in [5.41, 5.74) is 5.74. The van der Waals surface area contributed by atoms with Gasteiger partial charge in [-0.15, -0.1) is 23.7 Å². The average molecular weight is 368 g/mol. The number of carbonyl (C=O) groups excluding carboxylic acids is 1. The van der Waals surface area contributed by atoms with Gasteiger partial charge in [-0.05, 0) is 53.4 Å². The highest BCUT2D eigenvalue weighted by atomic mass is 79.9. The lowest BCUT2D eigenvalue weighted by molar-refractivity contribution is -0.135. The Kier molecular flexibility index (Phi) is 6.80.